The topological polar surface area (TPSA) is 52.9 Å². The number of benzene rings is 1. The van der Waals surface area contributed by atoms with E-state index >= 15 is 0 Å². The van der Waals surface area contributed by atoms with Crippen LogP contribution in [0, 0.1) is 17.2 Å². The summed E-state index contributed by atoms with van der Waals surface area (Å²) in [6.45, 7) is 10.6. The summed E-state index contributed by atoms with van der Waals surface area (Å²) >= 11 is 1.38. The van der Waals surface area contributed by atoms with E-state index in [-0.39, 0.29) is 5.91 Å². The number of nitriles is 1. The molecule has 0 atom stereocenters. The van der Waals surface area contributed by atoms with E-state index < -0.39 is 0 Å². The summed E-state index contributed by atoms with van der Waals surface area (Å²) in [5.41, 5.74) is 1.15. The molecular formula is C20H24N2OS. The highest BCUT2D eigenvalue weighted by Gasteiger charge is 2.13. The van der Waals surface area contributed by atoms with Gasteiger partial charge >= 0.3 is 0 Å². The van der Waals surface area contributed by atoms with Crippen LogP contribution in [0.4, 0.5) is 0 Å². The van der Waals surface area contributed by atoms with Crippen LogP contribution in [-0.2, 0) is 0 Å². The normalized spacial score (nSPS) is 12.0. The first-order chi connectivity index (χ1) is 11.5. The lowest BCUT2D eigenvalue weighted by atomic mass is 10.1. The Hall–Kier alpha value is -2.25. The van der Waals surface area contributed by atoms with Crippen molar-refractivity contribution >= 4 is 17.7 Å². The summed E-state index contributed by atoms with van der Waals surface area (Å²) in [6.07, 6.45) is 6.15. The van der Waals surface area contributed by atoms with E-state index in [2.05, 4.69) is 31.8 Å². The molecular weight excluding hydrogens is 316 g/mol. The number of rotatable bonds is 8. The van der Waals surface area contributed by atoms with Gasteiger partial charge in [-0.1, -0.05) is 56.5 Å². The van der Waals surface area contributed by atoms with Crippen LogP contribution in [0.1, 0.15) is 37.6 Å². The first-order valence-electron chi connectivity index (χ1n) is 7.98. The molecule has 0 saturated carbocycles. The van der Waals surface area contributed by atoms with Gasteiger partial charge in [0.15, 0.2) is 0 Å². The van der Waals surface area contributed by atoms with Crippen molar-refractivity contribution in [2.45, 2.75) is 32.1 Å². The molecule has 1 amide bonds. The summed E-state index contributed by atoms with van der Waals surface area (Å²) in [4.78, 5) is 14.0. The summed E-state index contributed by atoms with van der Waals surface area (Å²) in [5.74, 6) is 0.455. The van der Waals surface area contributed by atoms with Gasteiger partial charge in [-0.25, -0.2) is 0 Å². The minimum Gasteiger partial charge on any atom is -0.352 e. The molecule has 0 aliphatic rings. The second kappa shape index (κ2) is 10.5. The van der Waals surface area contributed by atoms with Crippen molar-refractivity contribution < 1.29 is 4.79 Å². The fraction of sp³-hybridized carbons (Fsp3) is 0.300. The van der Waals surface area contributed by atoms with Crippen molar-refractivity contribution in [1.82, 2.24) is 5.32 Å². The zero-order valence-electron chi connectivity index (χ0n) is 14.5. The molecule has 1 rings (SSSR count). The Morgan fingerprint density at radius 3 is 2.71 bits per heavy atom. The van der Waals surface area contributed by atoms with Crippen LogP contribution in [-0.4, -0.2) is 12.5 Å². The van der Waals surface area contributed by atoms with E-state index in [0.29, 0.717) is 23.6 Å². The predicted octanol–water partition coefficient (Wildman–Crippen LogP) is 5.09. The highest BCUT2D eigenvalue weighted by molar-refractivity contribution is 8.03. The number of nitrogens with one attached hydrogen (secondary N) is 1. The molecule has 0 aliphatic carbocycles. The van der Waals surface area contributed by atoms with Gasteiger partial charge in [-0.05, 0) is 37.5 Å². The molecule has 0 fully saturated rings. The van der Waals surface area contributed by atoms with E-state index in [1.165, 1.54) is 11.8 Å². The quantitative estimate of drug-likeness (QED) is 0.407. The third-order valence-corrected chi connectivity index (χ3v) is 4.45. The van der Waals surface area contributed by atoms with Gasteiger partial charge < -0.3 is 5.32 Å². The minimum absolute atomic E-state index is 0.0910. The monoisotopic (exact) mass is 340 g/mol. The second-order valence-electron chi connectivity index (χ2n) is 5.63. The van der Waals surface area contributed by atoms with Gasteiger partial charge in [0.25, 0.3) is 5.91 Å². The first-order valence-corrected chi connectivity index (χ1v) is 8.79. The van der Waals surface area contributed by atoms with Gasteiger partial charge in [0.05, 0.1) is 11.1 Å². The van der Waals surface area contributed by atoms with Crippen LogP contribution >= 0.6 is 11.8 Å². The maximum Gasteiger partial charge on any atom is 0.252 e. The van der Waals surface area contributed by atoms with E-state index in [1.54, 1.807) is 18.2 Å². The van der Waals surface area contributed by atoms with Gasteiger partial charge in [0.2, 0.25) is 0 Å². The van der Waals surface area contributed by atoms with Crippen LogP contribution in [0.3, 0.4) is 0 Å². The van der Waals surface area contributed by atoms with E-state index in [9.17, 15) is 10.1 Å². The lowest BCUT2D eigenvalue weighted by Gasteiger charge is -2.11. The predicted molar refractivity (Wildman–Crippen MR) is 102 cm³/mol. The Kier molecular flexibility index (Phi) is 8.67. The lowest BCUT2D eigenvalue weighted by molar-refractivity contribution is 0.0949. The van der Waals surface area contributed by atoms with Crippen LogP contribution in [0.15, 0.2) is 64.4 Å². The van der Waals surface area contributed by atoms with Crippen LogP contribution in [0.5, 0.6) is 0 Å². The third-order valence-electron chi connectivity index (χ3n) is 3.26. The molecule has 3 nitrogen and oxygen atoms in total. The molecule has 0 spiro atoms. The maximum atomic E-state index is 12.4. The van der Waals surface area contributed by atoms with E-state index in [1.807, 2.05) is 31.2 Å². The van der Waals surface area contributed by atoms with Gasteiger partial charge in [0.1, 0.15) is 6.07 Å². The molecule has 0 bridgehead atoms. The largest absolute Gasteiger partial charge is 0.352 e. The van der Waals surface area contributed by atoms with Crippen LogP contribution in [0.25, 0.3) is 0 Å². The van der Waals surface area contributed by atoms with Gasteiger partial charge in [-0.3, -0.25) is 4.79 Å². The van der Waals surface area contributed by atoms with Crippen molar-refractivity contribution in [3.05, 3.63) is 65.1 Å². The molecule has 0 radical (unpaired) electrons. The number of carbonyl (C=O) groups excluding carboxylic acids is 1. The Balaban J connectivity index is 3.03. The first kappa shape index (κ1) is 19.8. The van der Waals surface area contributed by atoms with Crippen molar-refractivity contribution in [3.8, 4) is 6.07 Å². The van der Waals surface area contributed by atoms with E-state index in [0.717, 1.165) is 16.2 Å². The summed E-state index contributed by atoms with van der Waals surface area (Å²) < 4.78 is 0. The van der Waals surface area contributed by atoms with Gasteiger partial charge in [0, 0.05) is 16.3 Å². The highest BCUT2D eigenvalue weighted by Crippen LogP contribution is 2.32. The van der Waals surface area contributed by atoms with Crippen LogP contribution in [0.2, 0.25) is 0 Å². The minimum atomic E-state index is -0.0910. The molecule has 1 aromatic carbocycles. The fourth-order valence-electron chi connectivity index (χ4n) is 1.98. The number of nitrogens with zero attached hydrogens (tertiary/aromatic N) is 1. The van der Waals surface area contributed by atoms with Crippen molar-refractivity contribution in [2.24, 2.45) is 5.92 Å². The molecule has 1 aromatic rings. The zero-order valence-corrected chi connectivity index (χ0v) is 15.3. The smallest absolute Gasteiger partial charge is 0.252 e. The summed E-state index contributed by atoms with van der Waals surface area (Å²) in [6, 6.07) is 9.58. The van der Waals surface area contributed by atoms with Crippen molar-refractivity contribution in [1.29, 1.82) is 5.26 Å². The SMILES string of the molecule is C=C/C(Sc1ccccc1C(=O)NCCC(C)C)=C(C#N)\C=C/C. The number of hydrogen-bond acceptors (Lipinski definition) is 3. The Bertz CT molecular complexity index is 681. The zero-order chi connectivity index (χ0) is 17.9. The maximum absolute atomic E-state index is 12.4. The van der Waals surface area contributed by atoms with E-state index in [4.69, 9.17) is 0 Å². The van der Waals surface area contributed by atoms with Gasteiger partial charge in [-0.2, -0.15) is 5.26 Å². The summed E-state index contributed by atoms with van der Waals surface area (Å²) in [5, 5.41) is 12.2. The summed E-state index contributed by atoms with van der Waals surface area (Å²) in [7, 11) is 0. The van der Waals surface area contributed by atoms with Crippen molar-refractivity contribution in [2.75, 3.05) is 6.54 Å². The Morgan fingerprint density at radius 1 is 1.42 bits per heavy atom. The molecule has 1 N–H and O–H groups in total. The van der Waals surface area contributed by atoms with Gasteiger partial charge in [-0.15, -0.1) is 0 Å². The fourth-order valence-corrected chi connectivity index (χ4v) is 2.94. The molecule has 126 valence electrons. The van der Waals surface area contributed by atoms with Crippen LogP contribution < -0.4 is 5.32 Å². The molecule has 0 heterocycles. The second-order valence-corrected chi connectivity index (χ2v) is 6.71. The molecule has 24 heavy (non-hydrogen) atoms. The number of allylic oxidation sites excluding steroid dienone is 4. The number of hydrogen-bond donors (Lipinski definition) is 1. The lowest BCUT2D eigenvalue weighted by Crippen LogP contribution is -2.25. The number of thioether (sulfide) groups is 1. The Morgan fingerprint density at radius 2 is 2.12 bits per heavy atom. The number of carbonyl (C=O) groups is 1. The number of amides is 1. The Labute approximate surface area is 149 Å². The molecule has 0 aliphatic heterocycles. The molecule has 4 heteroatoms. The third kappa shape index (κ3) is 6.10. The molecule has 0 saturated heterocycles. The highest BCUT2D eigenvalue weighted by atomic mass is 32.2. The standard InChI is InChI=1S/C20H24N2OS/c1-5-9-16(14-21)18(6-2)24-19-11-8-7-10-17(19)20(23)22-13-12-15(3)4/h5-11,15H,2,12-13H2,1,3-4H3,(H,22,23)/b9-5-,18-16-. The van der Waals surface area contributed by atoms with Crippen molar-refractivity contribution in [3.63, 3.8) is 0 Å². The molecule has 0 aromatic heterocycles. The average molecular weight is 340 g/mol. The average Bonchev–Trinajstić information content (AvgIpc) is 2.57. The molecule has 0 unspecified atom stereocenters.